The lowest BCUT2D eigenvalue weighted by Crippen LogP contribution is -2.52. The van der Waals surface area contributed by atoms with Gasteiger partial charge in [-0.3, -0.25) is 9.69 Å². The van der Waals surface area contributed by atoms with Gasteiger partial charge in [0.25, 0.3) is 0 Å². The van der Waals surface area contributed by atoms with E-state index in [1.165, 1.54) is 12.1 Å². The molecule has 1 aliphatic heterocycles. The first kappa shape index (κ1) is 24.1. The second kappa shape index (κ2) is 9.67. The minimum atomic E-state index is -4.35. The van der Waals surface area contributed by atoms with E-state index in [1.807, 2.05) is 24.3 Å². The van der Waals surface area contributed by atoms with Gasteiger partial charge in [0.1, 0.15) is 5.75 Å². The van der Waals surface area contributed by atoms with Crippen molar-refractivity contribution in [1.82, 2.24) is 4.90 Å². The van der Waals surface area contributed by atoms with E-state index in [2.05, 4.69) is 11.8 Å². The Hall–Kier alpha value is -2.05. The number of halogens is 4. The third-order valence-corrected chi connectivity index (χ3v) is 7.51. The lowest BCUT2D eigenvalue weighted by atomic mass is 9.61. The number of likely N-dealkylation sites (tertiary alicyclic amines) is 1. The number of nitrogens with zero attached hydrogens (tertiary/aromatic N) is 1. The van der Waals surface area contributed by atoms with Crippen LogP contribution in [0.15, 0.2) is 48.5 Å². The summed E-state index contributed by atoms with van der Waals surface area (Å²) in [6, 6.07) is 12.8. The van der Waals surface area contributed by atoms with Crippen molar-refractivity contribution in [2.24, 2.45) is 5.92 Å². The van der Waals surface area contributed by atoms with E-state index in [4.69, 9.17) is 16.3 Å². The van der Waals surface area contributed by atoms with Crippen LogP contribution in [0.2, 0.25) is 5.02 Å². The molecule has 3 nitrogen and oxygen atoms in total. The highest BCUT2D eigenvalue weighted by molar-refractivity contribution is 6.30. The van der Waals surface area contributed by atoms with Gasteiger partial charge in [0.15, 0.2) is 5.78 Å². The number of piperidine rings is 1. The molecule has 33 heavy (non-hydrogen) atoms. The number of hydrogen-bond acceptors (Lipinski definition) is 3. The van der Waals surface area contributed by atoms with Gasteiger partial charge in [-0.15, -0.1) is 0 Å². The van der Waals surface area contributed by atoms with Crippen LogP contribution in [-0.2, 0) is 16.4 Å². The van der Waals surface area contributed by atoms with Gasteiger partial charge in [0, 0.05) is 23.5 Å². The first-order valence-corrected chi connectivity index (χ1v) is 11.9. The Bertz CT molecular complexity index is 955. The maximum absolute atomic E-state index is 13.4. The molecule has 0 aromatic heterocycles. The maximum Gasteiger partial charge on any atom is 0.416 e. The van der Waals surface area contributed by atoms with Crippen LogP contribution in [0.4, 0.5) is 13.2 Å². The highest BCUT2D eigenvalue weighted by Gasteiger charge is 2.46. The van der Waals surface area contributed by atoms with E-state index >= 15 is 0 Å². The van der Waals surface area contributed by atoms with E-state index < -0.39 is 17.2 Å². The van der Waals surface area contributed by atoms with Crippen molar-refractivity contribution in [2.45, 2.75) is 56.7 Å². The molecule has 1 aliphatic carbocycles. The van der Waals surface area contributed by atoms with Crippen molar-refractivity contribution in [3.8, 4) is 5.75 Å². The van der Waals surface area contributed by atoms with Crippen LogP contribution >= 0.6 is 11.6 Å². The Kier molecular flexibility index (Phi) is 7.06. The number of ether oxygens (including phenoxy) is 1. The first-order valence-electron chi connectivity index (χ1n) is 11.5. The lowest BCUT2D eigenvalue weighted by molar-refractivity contribution is -0.137. The average molecular weight is 480 g/mol. The van der Waals surface area contributed by atoms with Crippen LogP contribution in [0.5, 0.6) is 5.75 Å². The molecule has 0 N–H and O–H groups in total. The van der Waals surface area contributed by atoms with E-state index in [-0.39, 0.29) is 11.7 Å². The standard InChI is InChI=1S/C26H29ClF3NO2/c1-18-3-4-19(17-33-23-11-7-21(8-12-23)26(28,29)30)15-31(18)16-24(32)25(13-2-14-25)20-5-9-22(27)10-6-20/h5-12,18-19H,2-4,13-17H2,1H3/t18-,19-/m1/s1. The molecule has 2 aromatic carbocycles. The van der Waals surface area contributed by atoms with Gasteiger partial charge in [-0.05, 0) is 74.6 Å². The molecule has 0 unspecified atom stereocenters. The summed E-state index contributed by atoms with van der Waals surface area (Å²) in [6.45, 7) is 3.71. The molecule has 0 amide bonds. The number of benzene rings is 2. The maximum atomic E-state index is 13.4. The van der Waals surface area contributed by atoms with E-state index in [1.54, 1.807) is 0 Å². The molecule has 1 heterocycles. The molecule has 178 valence electrons. The number of alkyl halides is 3. The summed E-state index contributed by atoms with van der Waals surface area (Å²) in [6.07, 6.45) is 0.367. The average Bonchev–Trinajstić information content (AvgIpc) is 2.74. The highest BCUT2D eigenvalue weighted by Crippen LogP contribution is 2.45. The molecule has 1 saturated heterocycles. The van der Waals surface area contributed by atoms with E-state index in [9.17, 15) is 18.0 Å². The third kappa shape index (κ3) is 5.38. The van der Waals surface area contributed by atoms with Gasteiger partial charge in [0.05, 0.1) is 24.1 Å². The third-order valence-electron chi connectivity index (χ3n) is 7.26. The zero-order valence-electron chi connectivity index (χ0n) is 18.7. The second-order valence-corrected chi connectivity index (χ2v) is 9.86. The molecule has 0 radical (unpaired) electrons. The van der Waals surface area contributed by atoms with Crippen LogP contribution in [0.3, 0.4) is 0 Å². The summed E-state index contributed by atoms with van der Waals surface area (Å²) >= 11 is 6.04. The predicted molar refractivity (Wildman–Crippen MR) is 123 cm³/mol. The molecule has 4 rings (SSSR count). The molecule has 2 fully saturated rings. The molecular weight excluding hydrogens is 451 g/mol. The highest BCUT2D eigenvalue weighted by atomic mass is 35.5. The monoisotopic (exact) mass is 479 g/mol. The summed E-state index contributed by atoms with van der Waals surface area (Å²) in [4.78, 5) is 15.7. The normalized spacial score (nSPS) is 23.1. The summed E-state index contributed by atoms with van der Waals surface area (Å²) in [5.41, 5.74) is -0.0415. The molecule has 0 bridgehead atoms. The molecule has 7 heteroatoms. The number of rotatable bonds is 7. The molecule has 0 spiro atoms. The Balaban J connectivity index is 1.35. The van der Waals surface area contributed by atoms with Gasteiger partial charge in [0.2, 0.25) is 0 Å². The van der Waals surface area contributed by atoms with E-state index in [0.29, 0.717) is 30.0 Å². The fourth-order valence-corrected chi connectivity index (χ4v) is 5.06. The lowest BCUT2D eigenvalue weighted by Gasteiger charge is -2.44. The minimum absolute atomic E-state index is 0.226. The Morgan fingerprint density at radius 2 is 1.76 bits per heavy atom. The summed E-state index contributed by atoms with van der Waals surface area (Å²) in [7, 11) is 0. The van der Waals surface area contributed by atoms with Crippen molar-refractivity contribution in [1.29, 1.82) is 0 Å². The number of carbonyl (C=O) groups excluding carboxylic acids is 1. The Morgan fingerprint density at radius 1 is 1.09 bits per heavy atom. The predicted octanol–water partition coefficient (Wildman–Crippen LogP) is 6.53. The van der Waals surface area contributed by atoms with Crippen LogP contribution in [0.25, 0.3) is 0 Å². The zero-order valence-corrected chi connectivity index (χ0v) is 19.5. The van der Waals surface area contributed by atoms with Crippen molar-refractivity contribution in [2.75, 3.05) is 19.7 Å². The zero-order chi connectivity index (χ0) is 23.6. The summed E-state index contributed by atoms with van der Waals surface area (Å²) in [5, 5.41) is 0.668. The number of hydrogen-bond donors (Lipinski definition) is 0. The van der Waals surface area contributed by atoms with Crippen LogP contribution in [0, 0.1) is 5.92 Å². The van der Waals surface area contributed by atoms with Crippen LogP contribution in [-0.4, -0.2) is 36.4 Å². The fraction of sp³-hybridized carbons (Fsp3) is 0.500. The number of Topliss-reactive ketones (excluding diaryl/α,β-unsaturated/α-hetero) is 1. The van der Waals surface area contributed by atoms with Crippen molar-refractivity contribution >= 4 is 17.4 Å². The molecule has 2 aliphatic rings. The Morgan fingerprint density at radius 3 is 2.33 bits per heavy atom. The van der Waals surface area contributed by atoms with Gasteiger partial charge in [-0.1, -0.05) is 30.2 Å². The molecular formula is C26H29ClF3NO2. The largest absolute Gasteiger partial charge is 0.493 e. The van der Waals surface area contributed by atoms with E-state index in [0.717, 1.165) is 56.3 Å². The smallest absolute Gasteiger partial charge is 0.416 e. The summed E-state index contributed by atoms with van der Waals surface area (Å²) in [5.74, 6) is 0.914. The molecule has 1 saturated carbocycles. The van der Waals surface area contributed by atoms with Crippen molar-refractivity contribution in [3.05, 3.63) is 64.7 Å². The Labute approximate surface area is 197 Å². The molecule has 2 atom stereocenters. The van der Waals surface area contributed by atoms with Crippen molar-refractivity contribution < 1.29 is 22.7 Å². The van der Waals surface area contributed by atoms with Gasteiger partial charge < -0.3 is 4.74 Å². The topological polar surface area (TPSA) is 29.5 Å². The second-order valence-electron chi connectivity index (χ2n) is 9.42. The summed E-state index contributed by atoms with van der Waals surface area (Å²) < 4.78 is 44.0. The van der Waals surface area contributed by atoms with Crippen LogP contribution < -0.4 is 4.74 Å². The first-order chi connectivity index (χ1) is 15.7. The molecule has 2 aromatic rings. The quantitative estimate of drug-likeness (QED) is 0.452. The van der Waals surface area contributed by atoms with Gasteiger partial charge in [-0.25, -0.2) is 0 Å². The van der Waals surface area contributed by atoms with Gasteiger partial charge >= 0.3 is 6.18 Å². The fourth-order valence-electron chi connectivity index (χ4n) is 4.94. The van der Waals surface area contributed by atoms with Crippen molar-refractivity contribution in [3.63, 3.8) is 0 Å². The number of ketones is 1. The van der Waals surface area contributed by atoms with Crippen LogP contribution in [0.1, 0.15) is 50.2 Å². The van der Waals surface area contributed by atoms with Gasteiger partial charge in [-0.2, -0.15) is 13.2 Å². The SMILES string of the molecule is C[C@@H]1CC[C@@H](COc2ccc(C(F)(F)F)cc2)CN1CC(=O)C1(c2ccc(Cl)cc2)CCC1. The minimum Gasteiger partial charge on any atom is -0.493 e. The number of carbonyl (C=O) groups is 1.